The van der Waals surface area contributed by atoms with Crippen molar-refractivity contribution in [2.45, 2.75) is 13.5 Å². The Morgan fingerprint density at radius 2 is 2.04 bits per heavy atom. The number of hydrogen-bond acceptors (Lipinski definition) is 6. The van der Waals surface area contributed by atoms with Crippen LogP contribution in [0.3, 0.4) is 0 Å². The van der Waals surface area contributed by atoms with E-state index in [1.165, 1.54) is 6.33 Å². The number of fused-ring (bicyclic) bond motifs is 1. The lowest BCUT2D eigenvalue weighted by atomic mass is 10.0. The predicted molar refractivity (Wildman–Crippen MR) is 94.6 cm³/mol. The molecule has 0 fully saturated rings. The number of benzene rings is 1. The number of nitrogens with two attached hydrogens (primary N) is 1. The molecule has 0 amide bonds. The van der Waals surface area contributed by atoms with Crippen molar-refractivity contribution in [3.63, 3.8) is 0 Å². The lowest BCUT2D eigenvalue weighted by molar-refractivity contribution is 0.282. The lowest BCUT2D eigenvalue weighted by Crippen LogP contribution is -2.00. The second-order valence-electron chi connectivity index (χ2n) is 5.46. The standard InChI is InChI=1S/C17H15N5OS/c1-10-21-14(8-24-10)15-6-13(12-4-2-11(7-23)3-5-12)16-17(18)19-9-20-22(15)16/h2-6,8-9,23H,7H2,1H3,(H2,18,19,20). The quantitative estimate of drug-likeness (QED) is 0.600. The van der Waals surface area contributed by atoms with E-state index >= 15 is 0 Å². The van der Waals surface area contributed by atoms with Gasteiger partial charge in [-0.2, -0.15) is 5.10 Å². The molecule has 4 rings (SSSR count). The number of hydrogen-bond donors (Lipinski definition) is 2. The highest BCUT2D eigenvalue weighted by molar-refractivity contribution is 7.09. The third-order valence-corrected chi connectivity index (χ3v) is 4.69. The van der Waals surface area contributed by atoms with E-state index in [-0.39, 0.29) is 6.61 Å². The smallest absolute Gasteiger partial charge is 0.152 e. The molecule has 0 saturated carbocycles. The zero-order valence-electron chi connectivity index (χ0n) is 13.0. The molecule has 7 heteroatoms. The van der Waals surface area contributed by atoms with Crippen molar-refractivity contribution >= 4 is 22.7 Å². The normalized spacial score (nSPS) is 11.2. The molecule has 0 aliphatic rings. The van der Waals surface area contributed by atoms with Crippen molar-refractivity contribution in [3.05, 3.63) is 52.6 Å². The monoisotopic (exact) mass is 337 g/mol. The molecule has 6 nitrogen and oxygen atoms in total. The van der Waals surface area contributed by atoms with E-state index in [2.05, 4.69) is 15.1 Å². The van der Waals surface area contributed by atoms with Gasteiger partial charge in [0.1, 0.15) is 11.8 Å². The number of aromatic nitrogens is 4. The number of aryl methyl sites for hydroxylation is 1. The number of nitrogen functional groups attached to an aromatic ring is 1. The number of aliphatic hydroxyl groups is 1. The molecule has 0 atom stereocenters. The van der Waals surface area contributed by atoms with E-state index in [0.717, 1.165) is 38.6 Å². The molecule has 0 saturated heterocycles. The Balaban J connectivity index is 1.98. The van der Waals surface area contributed by atoms with Gasteiger partial charge in [0.2, 0.25) is 0 Å². The average molecular weight is 337 g/mol. The Labute approximate surface area is 142 Å². The van der Waals surface area contributed by atoms with Crippen LogP contribution in [-0.4, -0.2) is 24.7 Å². The van der Waals surface area contributed by atoms with Gasteiger partial charge >= 0.3 is 0 Å². The molecule has 3 heterocycles. The van der Waals surface area contributed by atoms with Gasteiger partial charge in [0.05, 0.1) is 23.0 Å². The summed E-state index contributed by atoms with van der Waals surface area (Å²) in [6.07, 6.45) is 1.45. The first-order valence-corrected chi connectivity index (χ1v) is 8.30. The SMILES string of the molecule is Cc1nc(-c2cc(-c3ccc(CO)cc3)c3c(N)ncnn23)cs1. The summed E-state index contributed by atoms with van der Waals surface area (Å²) in [6, 6.07) is 9.74. The van der Waals surface area contributed by atoms with E-state index < -0.39 is 0 Å². The van der Waals surface area contributed by atoms with Gasteiger partial charge in [-0.05, 0) is 24.1 Å². The Morgan fingerprint density at radius 3 is 2.71 bits per heavy atom. The summed E-state index contributed by atoms with van der Waals surface area (Å²) in [5.41, 5.74) is 11.4. The highest BCUT2D eigenvalue weighted by atomic mass is 32.1. The van der Waals surface area contributed by atoms with Crippen molar-refractivity contribution in [1.29, 1.82) is 0 Å². The van der Waals surface area contributed by atoms with Crippen molar-refractivity contribution in [2.24, 2.45) is 0 Å². The average Bonchev–Trinajstić information content (AvgIpc) is 3.19. The van der Waals surface area contributed by atoms with Crippen LogP contribution in [0.1, 0.15) is 10.6 Å². The topological polar surface area (TPSA) is 89.3 Å². The maximum atomic E-state index is 9.22. The van der Waals surface area contributed by atoms with E-state index in [1.54, 1.807) is 15.9 Å². The predicted octanol–water partition coefficient (Wildman–Crippen LogP) is 2.90. The van der Waals surface area contributed by atoms with Gasteiger partial charge in [-0.15, -0.1) is 11.3 Å². The molecule has 0 aliphatic carbocycles. The summed E-state index contributed by atoms with van der Waals surface area (Å²) in [4.78, 5) is 8.69. The van der Waals surface area contributed by atoms with E-state index in [1.807, 2.05) is 42.6 Å². The number of aliphatic hydroxyl groups excluding tert-OH is 1. The molecule has 0 aliphatic heterocycles. The van der Waals surface area contributed by atoms with Gasteiger partial charge in [-0.25, -0.2) is 14.5 Å². The van der Waals surface area contributed by atoms with Gasteiger partial charge in [0.25, 0.3) is 0 Å². The molecule has 1 aromatic carbocycles. The lowest BCUT2D eigenvalue weighted by Gasteiger charge is -2.03. The molecule has 3 aromatic heterocycles. The molecule has 0 spiro atoms. The summed E-state index contributed by atoms with van der Waals surface area (Å²) >= 11 is 1.60. The van der Waals surface area contributed by atoms with E-state index in [9.17, 15) is 5.11 Å². The number of nitrogens with zero attached hydrogens (tertiary/aromatic N) is 4. The minimum absolute atomic E-state index is 0.0192. The zero-order valence-corrected chi connectivity index (χ0v) is 13.8. The van der Waals surface area contributed by atoms with Gasteiger partial charge in [-0.1, -0.05) is 24.3 Å². The second kappa shape index (κ2) is 5.70. The van der Waals surface area contributed by atoms with E-state index in [4.69, 9.17) is 5.73 Å². The van der Waals surface area contributed by atoms with Crippen LogP contribution < -0.4 is 5.73 Å². The van der Waals surface area contributed by atoms with Crippen molar-refractivity contribution in [1.82, 2.24) is 19.6 Å². The first-order valence-electron chi connectivity index (χ1n) is 7.42. The summed E-state index contributed by atoms with van der Waals surface area (Å²) < 4.78 is 1.78. The summed E-state index contributed by atoms with van der Waals surface area (Å²) in [7, 11) is 0. The fraction of sp³-hybridized carbons (Fsp3) is 0.118. The molecule has 0 bridgehead atoms. The van der Waals surface area contributed by atoms with Crippen LogP contribution in [-0.2, 0) is 6.61 Å². The van der Waals surface area contributed by atoms with Crippen molar-refractivity contribution in [2.75, 3.05) is 5.73 Å². The molecule has 24 heavy (non-hydrogen) atoms. The van der Waals surface area contributed by atoms with Crippen LogP contribution >= 0.6 is 11.3 Å². The maximum Gasteiger partial charge on any atom is 0.152 e. The van der Waals surface area contributed by atoms with Gasteiger partial charge in [0.15, 0.2) is 5.82 Å². The number of thiazole rings is 1. The van der Waals surface area contributed by atoms with Crippen LogP contribution in [0, 0.1) is 6.92 Å². The number of rotatable bonds is 3. The largest absolute Gasteiger partial charge is 0.392 e. The highest BCUT2D eigenvalue weighted by Crippen LogP contribution is 2.34. The Bertz CT molecular complexity index is 1020. The zero-order chi connectivity index (χ0) is 16.7. The minimum atomic E-state index is 0.0192. The molecule has 3 N–H and O–H groups in total. The molecule has 0 radical (unpaired) electrons. The molecular weight excluding hydrogens is 322 g/mol. The van der Waals surface area contributed by atoms with Gasteiger partial charge < -0.3 is 10.8 Å². The van der Waals surface area contributed by atoms with Crippen molar-refractivity contribution in [3.8, 4) is 22.5 Å². The van der Waals surface area contributed by atoms with Crippen LogP contribution in [0.2, 0.25) is 0 Å². The Morgan fingerprint density at radius 1 is 1.25 bits per heavy atom. The molecule has 120 valence electrons. The fourth-order valence-corrected chi connectivity index (χ4v) is 3.35. The first-order chi connectivity index (χ1) is 11.7. The van der Waals surface area contributed by atoms with Crippen LogP contribution in [0.5, 0.6) is 0 Å². The first kappa shape index (κ1) is 14.8. The number of anilines is 1. The minimum Gasteiger partial charge on any atom is -0.392 e. The molecule has 0 unspecified atom stereocenters. The van der Waals surface area contributed by atoms with Crippen LogP contribution in [0.25, 0.3) is 28.0 Å². The van der Waals surface area contributed by atoms with Gasteiger partial charge in [-0.3, -0.25) is 0 Å². The Kier molecular flexibility index (Phi) is 3.51. The van der Waals surface area contributed by atoms with Crippen molar-refractivity contribution < 1.29 is 5.11 Å². The van der Waals surface area contributed by atoms with E-state index in [0.29, 0.717) is 5.82 Å². The summed E-state index contributed by atoms with van der Waals surface area (Å²) in [5, 5.41) is 16.6. The second-order valence-corrected chi connectivity index (χ2v) is 6.52. The summed E-state index contributed by atoms with van der Waals surface area (Å²) in [5.74, 6) is 0.421. The van der Waals surface area contributed by atoms with Crippen LogP contribution in [0.4, 0.5) is 5.82 Å². The highest BCUT2D eigenvalue weighted by Gasteiger charge is 2.17. The molecular formula is C17H15N5OS. The van der Waals surface area contributed by atoms with Crippen LogP contribution in [0.15, 0.2) is 42.0 Å². The summed E-state index contributed by atoms with van der Waals surface area (Å²) in [6.45, 7) is 1.99. The fourth-order valence-electron chi connectivity index (χ4n) is 2.74. The Hall–Kier alpha value is -2.77. The molecule has 4 aromatic rings. The third kappa shape index (κ3) is 2.34. The van der Waals surface area contributed by atoms with Gasteiger partial charge in [0, 0.05) is 10.9 Å². The third-order valence-electron chi connectivity index (χ3n) is 3.91. The maximum absolute atomic E-state index is 9.22.